The van der Waals surface area contributed by atoms with Crippen LogP contribution in [0.5, 0.6) is 0 Å². The van der Waals surface area contributed by atoms with Crippen molar-refractivity contribution in [2.24, 2.45) is 11.3 Å². The van der Waals surface area contributed by atoms with Gasteiger partial charge in [0.25, 0.3) is 0 Å². The molecule has 0 N–H and O–H groups in total. The van der Waals surface area contributed by atoms with Gasteiger partial charge in [-0.3, -0.25) is 0 Å². The van der Waals surface area contributed by atoms with Gasteiger partial charge >= 0.3 is 0 Å². The topological polar surface area (TPSA) is 0 Å². The zero-order valence-corrected chi connectivity index (χ0v) is 6.14. The van der Waals surface area contributed by atoms with E-state index in [0.717, 1.165) is 5.92 Å². The van der Waals surface area contributed by atoms with E-state index in [0.29, 0.717) is 5.41 Å². The summed E-state index contributed by atoms with van der Waals surface area (Å²) in [5.41, 5.74) is 2.37. The third-order valence-electron chi connectivity index (χ3n) is 3.39. The second kappa shape index (κ2) is 1.39. The van der Waals surface area contributed by atoms with Crippen molar-refractivity contribution in [1.29, 1.82) is 0 Å². The van der Waals surface area contributed by atoms with Crippen LogP contribution in [0.4, 0.5) is 0 Å². The maximum Gasteiger partial charge on any atom is 0.00998 e. The van der Waals surface area contributed by atoms with Crippen molar-refractivity contribution in [2.75, 3.05) is 0 Å². The summed E-state index contributed by atoms with van der Waals surface area (Å²) in [5, 5.41) is 0. The van der Waals surface area contributed by atoms with Crippen LogP contribution in [0.2, 0.25) is 0 Å². The molecule has 10 heavy (non-hydrogen) atoms. The summed E-state index contributed by atoms with van der Waals surface area (Å²) >= 11 is 0. The lowest BCUT2D eigenvalue weighted by molar-refractivity contribution is 0.466. The van der Waals surface area contributed by atoms with Crippen molar-refractivity contribution in [3.05, 3.63) is 23.8 Å². The molecule has 1 fully saturated rings. The predicted octanol–water partition coefficient (Wildman–Crippen LogP) is 2.67. The van der Waals surface area contributed by atoms with E-state index in [-0.39, 0.29) is 0 Å². The number of hydrogen-bond acceptors (Lipinski definition) is 0. The molecule has 2 atom stereocenters. The van der Waals surface area contributed by atoms with E-state index in [1.165, 1.54) is 25.7 Å². The van der Waals surface area contributed by atoms with E-state index < -0.39 is 0 Å². The summed E-state index contributed by atoms with van der Waals surface area (Å²) in [6, 6.07) is 0. The van der Waals surface area contributed by atoms with E-state index in [2.05, 4.69) is 18.2 Å². The molecule has 0 heteroatoms. The predicted molar refractivity (Wildman–Crippen MR) is 41.6 cm³/mol. The van der Waals surface area contributed by atoms with Gasteiger partial charge in [0.1, 0.15) is 0 Å². The standard InChI is InChI=1S/C10H12/c1-2-9-6-8-3-5-10(9,4-1)7-8/h3,5-6,8H,1-2,4,7H2. The average molecular weight is 132 g/mol. The lowest BCUT2D eigenvalue weighted by Gasteiger charge is -2.18. The molecule has 2 unspecified atom stereocenters. The summed E-state index contributed by atoms with van der Waals surface area (Å²) in [7, 11) is 0. The third kappa shape index (κ3) is 0.416. The average Bonchev–Trinajstić information content (AvgIpc) is 2.48. The fourth-order valence-corrected chi connectivity index (χ4v) is 2.91. The Hall–Kier alpha value is -0.520. The number of allylic oxidation sites excluding steroid dienone is 4. The van der Waals surface area contributed by atoms with E-state index in [4.69, 9.17) is 0 Å². The normalized spacial score (nSPS) is 48.0. The van der Waals surface area contributed by atoms with Crippen molar-refractivity contribution in [3.63, 3.8) is 0 Å². The highest BCUT2D eigenvalue weighted by molar-refractivity contribution is 5.39. The number of fused-ring (bicyclic) bond motifs is 1. The molecule has 3 rings (SSSR count). The van der Waals surface area contributed by atoms with E-state index in [1.807, 2.05) is 0 Å². The summed E-state index contributed by atoms with van der Waals surface area (Å²) in [6.07, 6.45) is 13.1. The van der Waals surface area contributed by atoms with E-state index in [1.54, 1.807) is 5.57 Å². The molecule has 3 aliphatic rings. The van der Waals surface area contributed by atoms with Gasteiger partial charge in [0.05, 0.1) is 0 Å². The highest BCUT2D eigenvalue weighted by atomic mass is 14.5. The maximum absolute atomic E-state index is 2.51. The van der Waals surface area contributed by atoms with Gasteiger partial charge in [-0.25, -0.2) is 0 Å². The molecular formula is C10H12. The third-order valence-corrected chi connectivity index (χ3v) is 3.39. The fourth-order valence-electron chi connectivity index (χ4n) is 2.91. The zero-order valence-electron chi connectivity index (χ0n) is 6.14. The van der Waals surface area contributed by atoms with Gasteiger partial charge in [0, 0.05) is 5.41 Å². The molecular weight excluding hydrogens is 120 g/mol. The highest BCUT2D eigenvalue weighted by Gasteiger charge is 2.44. The van der Waals surface area contributed by atoms with Crippen LogP contribution in [-0.2, 0) is 0 Å². The van der Waals surface area contributed by atoms with Gasteiger partial charge in [-0.2, -0.15) is 0 Å². The second-order valence-electron chi connectivity index (χ2n) is 3.93. The van der Waals surface area contributed by atoms with Crippen LogP contribution in [0.3, 0.4) is 0 Å². The lowest BCUT2D eigenvalue weighted by atomic mass is 9.85. The first-order valence-corrected chi connectivity index (χ1v) is 4.30. The molecule has 0 nitrogen and oxygen atoms in total. The molecule has 0 saturated heterocycles. The minimum Gasteiger partial charge on any atom is -0.0807 e. The Kier molecular flexibility index (Phi) is 0.719. The molecule has 0 radical (unpaired) electrons. The van der Waals surface area contributed by atoms with E-state index >= 15 is 0 Å². The molecule has 0 aromatic heterocycles. The van der Waals surface area contributed by atoms with Crippen LogP contribution in [0.25, 0.3) is 0 Å². The second-order valence-corrected chi connectivity index (χ2v) is 3.93. The minimum absolute atomic E-state index is 0.602. The van der Waals surface area contributed by atoms with Crippen LogP contribution < -0.4 is 0 Å². The van der Waals surface area contributed by atoms with Crippen LogP contribution in [0, 0.1) is 11.3 Å². The molecule has 0 aromatic carbocycles. The SMILES string of the molecule is C1=CC23CCCC2=CC1C3. The van der Waals surface area contributed by atoms with Gasteiger partial charge in [-0.15, -0.1) is 0 Å². The van der Waals surface area contributed by atoms with Crippen molar-refractivity contribution in [2.45, 2.75) is 25.7 Å². The Morgan fingerprint density at radius 1 is 1.50 bits per heavy atom. The van der Waals surface area contributed by atoms with Gasteiger partial charge in [0.15, 0.2) is 0 Å². The quantitative estimate of drug-likeness (QED) is 0.444. The first-order chi connectivity index (χ1) is 4.89. The minimum atomic E-state index is 0.602. The van der Waals surface area contributed by atoms with Crippen LogP contribution in [0.15, 0.2) is 23.8 Å². The highest BCUT2D eigenvalue weighted by Crippen LogP contribution is 2.57. The molecule has 0 aliphatic heterocycles. The molecule has 0 amide bonds. The first kappa shape index (κ1) is 5.17. The van der Waals surface area contributed by atoms with Crippen LogP contribution in [-0.4, -0.2) is 0 Å². The monoisotopic (exact) mass is 132 g/mol. The van der Waals surface area contributed by atoms with Gasteiger partial charge in [-0.1, -0.05) is 23.8 Å². The summed E-state index contributed by atoms with van der Waals surface area (Å²) in [6.45, 7) is 0. The van der Waals surface area contributed by atoms with Crippen molar-refractivity contribution in [3.8, 4) is 0 Å². The summed E-state index contributed by atoms with van der Waals surface area (Å²) < 4.78 is 0. The van der Waals surface area contributed by atoms with Crippen LogP contribution in [0.1, 0.15) is 25.7 Å². The summed E-state index contributed by atoms with van der Waals surface area (Å²) in [5.74, 6) is 0.829. The maximum atomic E-state index is 2.51. The smallest absolute Gasteiger partial charge is 0.00998 e. The Morgan fingerprint density at radius 2 is 2.50 bits per heavy atom. The largest absolute Gasteiger partial charge is 0.0807 e. The van der Waals surface area contributed by atoms with Crippen molar-refractivity contribution in [1.82, 2.24) is 0 Å². The first-order valence-electron chi connectivity index (χ1n) is 4.30. The Balaban J connectivity index is 2.17. The molecule has 0 heterocycles. The summed E-state index contributed by atoms with van der Waals surface area (Å²) in [4.78, 5) is 0. The Bertz CT molecular complexity index is 234. The Labute approximate surface area is 61.6 Å². The Morgan fingerprint density at radius 3 is 3.30 bits per heavy atom. The molecule has 0 aromatic rings. The number of rotatable bonds is 0. The fraction of sp³-hybridized carbons (Fsp3) is 0.600. The van der Waals surface area contributed by atoms with Crippen LogP contribution >= 0.6 is 0 Å². The van der Waals surface area contributed by atoms with E-state index in [9.17, 15) is 0 Å². The zero-order chi connectivity index (χ0) is 6.60. The number of hydrogen-bond donors (Lipinski definition) is 0. The van der Waals surface area contributed by atoms with Gasteiger partial charge in [-0.05, 0) is 31.6 Å². The molecule has 1 spiro atoms. The van der Waals surface area contributed by atoms with Crippen molar-refractivity contribution < 1.29 is 0 Å². The van der Waals surface area contributed by atoms with Crippen molar-refractivity contribution >= 4 is 0 Å². The molecule has 2 bridgehead atoms. The van der Waals surface area contributed by atoms with Gasteiger partial charge in [0.2, 0.25) is 0 Å². The van der Waals surface area contributed by atoms with Gasteiger partial charge < -0.3 is 0 Å². The molecule has 3 aliphatic carbocycles. The molecule has 1 saturated carbocycles. The molecule has 52 valence electrons. The lowest BCUT2D eigenvalue weighted by Crippen LogP contribution is -2.08.